The fourth-order valence-corrected chi connectivity index (χ4v) is 5.41. The number of nitrogens with zero attached hydrogens (tertiary/aromatic N) is 2. The van der Waals surface area contributed by atoms with Gasteiger partial charge in [0.25, 0.3) is 5.91 Å². The van der Waals surface area contributed by atoms with Gasteiger partial charge in [0.05, 0.1) is 17.2 Å². The van der Waals surface area contributed by atoms with Crippen molar-refractivity contribution in [2.75, 3.05) is 20.1 Å². The first-order valence-electron chi connectivity index (χ1n) is 10.7. The van der Waals surface area contributed by atoms with Crippen LogP contribution in [0.15, 0.2) is 48.5 Å². The maximum Gasteiger partial charge on any atom is 0.417 e. The SMILES string of the molecule is CN(C(=O)c1ccc(Cl)cc1C(F)(F)F)C(c1ccccc1)C1(N2CCCC2)CCC1. The number of carbonyl (C=O) groups is 1. The van der Waals surface area contributed by atoms with Crippen molar-refractivity contribution in [1.82, 2.24) is 9.80 Å². The van der Waals surface area contributed by atoms with Crippen molar-refractivity contribution in [3.8, 4) is 0 Å². The fraction of sp³-hybridized carbons (Fsp3) is 0.458. The molecule has 1 heterocycles. The lowest BCUT2D eigenvalue weighted by atomic mass is 9.67. The molecule has 1 aliphatic carbocycles. The van der Waals surface area contributed by atoms with E-state index in [0.717, 1.165) is 56.8 Å². The largest absolute Gasteiger partial charge is 0.417 e. The van der Waals surface area contributed by atoms with Crippen molar-refractivity contribution in [2.45, 2.75) is 49.9 Å². The third-order valence-corrected chi connectivity index (χ3v) is 7.04. The number of hydrogen-bond acceptors (Lipinski definition) is 2. The van der Waals surface area contributed by atoms with Gasteiger partial charge < -0.3 is 4.90 Å². The zero-order valence-electron chi connectivity index (χ0n) is 17.5. The Morgan fingerprint density at radius 3 is 2.26 bits per heavy atom. The summed E-state index contributed by atoms with van der Waals surface area (Å²) in [5, 5.41) is -0.0429. The first kappa shape index (κ1) is 22.2. The van der Waals surface area contributed by atoms with Crippen LogP contribution in [0.25, 0.3) is 0 Å². The number of amides is 1. The van der Waals surface area contributed by atoms with E-state index in [2.05, 4.69) is 4.90 Å². The van der Waals surface area contributed by atoms with Gasteiger partial charge in [-0.15, -0.1) is 0 Å². The van der Waals surface area contributed by atoms with Crippen LogP contribution in [0.5, 0.6) is 0 Å². The molecular weight excluding hydrogens is 425 g/mol. The van der Waals surface area contributed by atoms with Crippen LogP contribution in [-0.2, 0) is 6.18 Å². The maximum absolute atomic E-state index is 13.7. The van der Waals surface area contributed by atoms with E-state index in [-0.39, 0.29) is 22.2 Å². The lowest BCUT2D eigenvalue weighted by Gasteiger charge is -2.56. The molecule has 166 valence electrons. The molecule has 2 aromatic rings. The van der Waals surface area contributed by atoms with Gasteiger partial charge in [-0.1, -0.05) is 41.9 Å². The quantitative estimate of drug-likeness (QED) is 0.542. The molecule has 0 N–H and O–H groups in total. The van der Waals surface area contributed by atoms with Crippen molar-refractivity contribution in [1.29, 1.82) is 0 Å². The van der Waals surface area contributed by atoms with Crippen molar-refractivity contribution >= 4 is 17.5 Å². The minimum atomic E-state index is -4.66. The number of alkyl halides is 3. The summed E-state index contributed by atoms with van der Waals surface area (Å²) in [6.07, 6.45) is 0.458. The molecular formula is C24H26ClF3N2O. The summed E-state index contributed by atoms with van der Waals surface area (Å²) < 4.78 is 41.1. The number of benzene rings is 2. The van der Waals surface area contributed by atoms with Crippen LogP contribution in [0.4, 0.5) is 13.2 Å². The van der Waals surface area contributed by atoms with Crippen molar-refractivity contribution in [3.05, 3.63) is 70.2 Å². The Hall–Kier alpha value is -2.05. The summed E-state index contributed by atoms with van der Waals surface area (Å²) in [6, 6.07) is 12.7. The van der Waals surface area contributed by atoms with Crippen LogP contribution in [0.2, 0.25) is 5.02 Å². The molecule has 2 aromatic carbocycles. The molecule has 0 spiro atoms. The lowest BCUT2D eigenvalue weighted by Crippen LogP contribution is -2.60. The van der Waals surface area contributed by atoms with Crippen LogP contribution < -0.4 is 0 Å². The number of halogens is 4. The standard InChI is InChI=1S/C24H26ClF3N2O/c1-29(22(31)19-11-10-18(25)16-20(19)24(26,27)28)21(17-8-3-2-4-9-17)23(12-7-13-23)30-14-5-6-15-30/h2-4,8-11,16,21H,5-7,12-15H2,1H3. The molecule has 1 unspecified atom stereocenters. The van der Waals surface area contributed by atoms with E-state index < -0.39 is 17.6 Å². The second kappa shape index (κ2) is 8.47. The van der Waals surface area contributed by atoms with E-state index in [0.29, 0.717) is 0 Å². The number of hydrogen-bond donors (Lipinski definition) is 0. The number of likely N-dealkylation sites (N-methyl/N-ethyl adjacent to an activating group) is 1. The van der Waals surface area contributed by atoms with Gasteiger partial charge in [0.2, 0.25) is 0 Å². The average Bonchev–Trinajstić information content (AvgIpc) is 3.24. The van der Waals surface area contributed by atoms with Crippen molar-refractivity contribution in [3.63, 3.8) is 0 Å². The van der Waals surface area contributed by atoms with E-state index in [1.165, 1.54) is 17.0 Å². The minimum absolute atomic E-state index is 0.0429. The molecule has 0 aromatic heterocycles. The van der Waals surface area contributed by atoms with Gasteiger partial charge in [-0.05, 0) is 69.0 Å². The van der Waals surface area contributed by atoms with Gasteiger partial charge in [0, 0.05) is 17.6 Å². The molecule has 0 radical (unpaired) electrons. The Morgan fingerprint density at radius 2 is 1.71 bits per heavy atom. The van der Waals surface area contributed by atoms with Crippen molar-refractivity contribution < 1.29 is 18.0 Å². The zero-order valence-corrected chi connectivity index (χ0v) is 18.2. The second-order valence-electron chi connectivity index (χ2n) is 8.57. The Kier molecular flexibility index (Phi) is 6.05. The Labute approximate surface area is 185 Å². The molecule has 7 heteroatoms. The number of carbonyl (C=O) groups excluding carboxylic acids is 1. The number of rotatable bonds is 5. The molecule has 2 aliphatic rings. The number of likely N-dealkylation sites (tertiary alicyclic amines) is 1. The van der Waals surface area contributed by atoms with Gasteiger partial charge in [-0.2, -0.15) is 13.2 Å². The summed E-state index contributed by atoms with van der Waals surface area (Å²) in [6.45, 7) is 1.92. The Balaban J connectivity index is 1.77. The highest BCUT2D eigenvalue weighted by molar-refractivity contribution is 6.30. The topological polar surface area (TPSA) is 23.6 Å². The van der Waals surface area contributed by atoms with Crippen LogP contribution in [0.1, 0.15) is 59.6 Å². The maximum atomic E-state index is 13.7. The molecule has 2 fully saturated rings. The summed E-state index contributed by atoms with van der Waals surface area (Å²) in [4.78, 5) is 17.5. The first-order chi connectivity index (χ1) is 14.7. The molecule has 4 rings (SSSR count). The Bertz CT molecular complexity index is 938. The molecule has 1 saturated carbocycles. The first-order valence-corrected chi connectivity index (χ1v) is 11.1. The summed E-state index contributed by atoms with van der Waals surface area (Å²) in [5.74, 6) is -0.636. The normalized spacial score (nSPS) is 19.6. The molecule has 1 aliphatic heterocycles. The van der Waals surface area contributed by atoms with Crippen LogP contribution in [-0.4, -0.2) is 41.4 Å². The van der Waals surface area contributed by atoms with Gasteiger partial charge in [0.1, 0.15) is 0 Å². The van der Waals surface area contributed by atoms with Crippen molar-refractivity contribution in [2.24, 2.45) is 0 Å². The van der Waals surface area contributed by atoms with Crippen LogP contribution in [0.3, 0.4) is 0 Å². The van der Waals surface area contributed by atoms with E-state index >= 15 is 0 Å². The third kappa shape index (κ3) is 4.08. The lowest BCUT2D eigenvalue weighted by molar-refractivity contribution is -0.138. The monoisotopic (exact) mass is 450 g/mol. The molecule has 0 bridgehead atoms. The smallest absolute Gasteiger partial charge is 0.333 e. The van der Waals surface area contributed by atoms with Crippen LogP contribution >= 0.6 is 11.6 Å². The molecule has 1 amide bonds. The van der Waals surface area contributed by atoms with E-state index in [4.69, 9.17) is 11.6 Å². The summed E-state index contributed by atoms with van der Waals surface area (Å²) in [7, 11) is 1.63. The highest BCUT2D eigenvalue weighted by Gasteiger charge is 2.52. The zero-order chi connectivity index (χ0) is 22.2. The fourth-order valence-electron chi connectivity index (χ4n) is 5.24. The predicted molar refractivity (Wildman–Crippen MR) is 115 cm³/mol. The third-order valence-electron chi connectivity index (χ3n) is 6.80. The van der Waals surface area contributed by atoms with Gasteiger partial charge in [-0.3, -0.25) is 9.69 Å². The highest BCUT2D eigenvalue weighted by atomic mass is 35.5. The Morgan fingerprint density at radius 1 is 1.06 bits per heavy atom. The van der Waals surface area contributed by atoms with Gasteiger partial charge in [-0.25, -0.2) is 0 Å². The minimum Gasteiger partial charge on any atom is -0.333 e. The van der Waals surface area contributed by atoms with Gasteiger partial charge >= 0.3 is 6.18 Å². The van der Waals surface area contributed by atoms with E-state index in [1.807, 2.05) is 30.3 Å². The average molecular weight is 451 g/mol. The van der Waals surface area contributed by atoms with Crippen LogP contribution in [0, 0.1) is 0 Å². The summed E-state index contributed by atoms with van der Waals surface area (Å²) in [5.41, 5.74) is -0.649. The highest BCUT2D eigenvalue weighted by Crippen LogP contribution is 2.51. The van der Waals surface area contributed by atoms with E-state index in [9.17, 15) is 18.0 Å². The molecule has 1 atom stereocenters. The second-order valence-corrected chi connectivity index (χ2v) is 9.00. The summed E-state index contributed by atoms with van der Waals surface area (Å²) >= 11 is 5.82. The molecule has 3 nitrogen and oxygen atoms in total. The van der Waals surface area contributed by atoms with E-state index in [1.54, 1.807) is 7.05 Å². The molecule has 31 heavy (non-hydrogen) atoms. The predicted octanol–water partition coefficient (Wildman–Crippen LogP) is 6.19. The van der Waals surface area contributed by atoms with Gasteiger partial charge in [0.15, 0.2) is 0 Å². The molecule has 1 saturated heterocycles.